The summed E-state index contributed by atoms with van der Waals surface area (Å²) >= 11 is 4.28. The number of halogens is 2. The molecule has 2 rings (SSSR count). The first kappa shape index (κ1) is 9.61. The highest BCUT2D eigenvalue weighted by Gasteiger charge is 2.15. The summed E-state index contributed by atoms with van der Waals surface area (Å²) in [4.78, 5) is 11.0. The number of carbonyl (C=O) groups is 1. The molecule has 0 saturated carbocycles. The lowest BCUT2D eigenvalue weighted by Crippen LogP contribution is -1.91. The number of benzene rings is 1. The zero-order chi connectivity index (χ0) is 10.3. The van der Waals surface area contributed by atoms with Gasteiger partial charge in [0.1, 0.15) is 10.7 Å². The average Bonchev–Trinajstić information content (AvgIpc) is 2.44. The topological polar surface area (TPSA) is 37.3 Å². The number of rotatable bonds is 1. The van der Waals surface area contributed by atoms with Gasteiger partial charge in [-0.1, -0.05) is 0 Å². The fraction of sp³-hybridized carbons (Fsp3) is 0. The van der Waals surface area contributed by atoms with Gasteiger partial charge in [0.15, 0.2) is 0 Å². The normalized spacial score (nSPS) is 10.7. The van der Waals surface area contributed by atoms with Crippen molar-refractivity contribution in [2.45, 2.75) is 0 Å². The summed E-state index contributed by atoms with van der Waals surface area (Å²) in [5.41, 5.74) is 0. The monoisotopic (exact) mass is 274 g/mol. The van der Waals surface area contributed by atoms with Crippen LogP contribution in [0.15, 0.2) is 22.7 Å². The number of carboxylic acids is 1. The average molecular weight is 275 g/mol. The van der Waals surface area contributed by atoms with E-state index in [1.54, 1.807) is 6.07 Å². The fourth-order valence-corrected chi connectivity index (χ4v) is 2.96. The summed E-state index contributed by atoms with van der Waals surface area (Å²) < 4.78 is 14.1. The van der Waals surface area contributed by atoms with E-state index in [0.717, 1.165) is 16.0 Å². The van der Waals surface area contributed by atoms with Gasteiger partial charge < -0.3 is 5.11 Å². The van der Waals surface area contributed by atoms with Gasteiger partial charge in [-0.25, -0.2) is 9.18 Å². The van der Waals surface area contributed by atoms with Crippen LogP contribution in [0.1, 0.15) is 9.67 Å². The molecular weight excluding hydrogens is 271 g/mol. The molecule has 1 aromatic heterocycles. The lowest BCUT2D eigenvalue weighted by molar-refractivity contribution is 0.0701. The standard InChI is InChI=1S/C9H4BrFO2S/c10-7-5-3-4(11)1-2-6(5)14-8(7)9(12)13/h1-3H,(H,12,13). The van der Waals surface area contributed by atoms with Crippen molar-refractivity contribution in [1.82, 2.24) is 0 Å². The van der Waals surface area contributed by atoms with E-state index in [-0.39, 0.29) is 10.7 Å². The first-order valence-corrected chi connectivity index (χ1v) is 5.31. The number of thiophene rings is 1. The minimum atomic E-state index is -1.00. The molecule has 1 heterocycles. The predicted octanol–water partition coefficient (Wildman–Crippen LogP) is 3.50. The molecular formula is C9H4BrFO2S. The van der Waals surface area contributed by atoms with Crippen LogP contribution in [0.4, 0.5) is 4.39 Å². The number of aromatic carboxylic acids is 1. The van der Waals surface area contributed by atoms with Crippen molar-refractivity contribution in [1.29, 1.82) is 0 Å². The predicted molar refractivity (Wildman–Crippen MR) is 56.4 cm³/mol. The Morgan fingerprint density at radius 3 is 2.86 bits per heavy atom. The maximum atomic E-state index is 12.9. The van der Waals surface area contributed by atoms with Crippen LogP contribution < -0.4 is 0 Å². The van der Waals surface area contributed by atoms with E-state index in [9.17, 15) is 9.18 Å². The Morgan fingerprint density at radius 2 is 2.21 bits per heavy atom. The van der Waals surface area contributed by atoms with Gasteiger partial charge in [-0.3, -0.25) is 0 Å². The maximum absolute atomic E-state index is 12.9. The molecule has 0 saturated heterocycles. The molecule has 0 fully saturated rings. The Balaban J connectivity index is 2.80. The summed E-state index contributed by atoms with van der Waals surface area (Å²) in [6.07, 6.45) is 0. The third kappa shape index (κ3) is 1.42. The van der Waals surface area contributed by atoms with Gasteiger partial charge in [-0.2, -0.15) is 0 Å². The first-order chi connectivity index (χ1) is 6.59. The molecule has 0 aliphatic heterocycles. The van der Waals surface area contributed by atoms with Gasteiger partial charge in [0.05, 0.1) is 4.47 Å². The van der Waals surface area contributed by atoms with E-state index in [1.807, 2.05) is 0 Å². The van der Waals surface area contributed by atoms with E-state index in [2.05, 4.69) is 15.9 Å². The fourth-order valence-electron chi connectivity index (χ4n) is 1.18. The third-order valence-corrected chi connectivity index (χ3v) is 4.03. The van der Waals surface area contributed by atoms with Crippen molar-refractivity contribution in [3.05, 3.63) is 33.4 Å². The summed E-state index contributed by atoms with van der Waals surface area (Å²) in [7, 11) is 0. The molecule has 5 heteroatoms. The van der Waals surface area contributed by atoms with Crippen LogP contribution in [0.5, 0.6) is 0 Å². The number of carboxylic acid groups (broad SMARTS) is 1. The quantitative estimate of drug-likeness (QED) is 0.864. The van der Waals surface area contributed by atoms with Gasteiger partial charge >= 0.3 is 5.97 Å². The zero-order valence-electron chi connectivity index (χ0n) is 6.75. The van der Waals surface area contributed by atoms with Crippen molar-refractivity contribution < 1.29 is 14.3 Å². The number of hydrogen-bond acceptors (Lipinski definition) is 2. The second-order valence-electron chi connectivity index (χ2n) is 2.69. The highest BCUT2D eigenvalue weighted by Crippen LogP contribution is 2.35. The molecule has 0 radical (unpaired) electrons. The van der Waals surface area contributed by atoms with E-state index in [4.69, 9.17) is 5.11 Å². The smallest absolute Gasteiger partial charge is 0.347 e. The lowest BCUT2D eigenvalue weighted by atomic mass is 10.2. The molecule has 0 unspecified atom stereocenters. The van der Waals surface area contributed by atoms with Crippen molar-refractivity contribution >= 4 is 43.3 Å². The minimum Gasteiger partial charge on any atom is -0.477 e. The Bertz CT molecular complexity index is 521. The van der Waals surface area contributed by atoms with Gasteiger partial charge in [0, 0.05) is 10.1 Å². The zero-order valence-corrected chi connectivity index (χ0v) is 9.15. The summed E-state index contributed by atoms with van der Waals surface area (Å²) in [6.45, 7) is 0. The van der Waals surface area contributed by atoms with Crippen molar-refractivity contribution in [2.75, 3.05) is 0 Å². The molecule has 0 aliphatic carbocycles. The van der Waals surface area contributed by atoms with Gasteiger partial charge in [-0.15, -0.1) is 11.3 Å². The summed E-state index contributed by atoms with van der Waals surface area (Å²) in [6, 6.07) is 4.21. The minimum absolute atomic E-state index is 0.200. The molecule has 2 aromatic rings. The molecule has 14 heavy (non-hydrogen) atoms. The van der Waals surface area contributed by atoms with Gasteiger partial charge in [-0.05, 0) is 34.1 Å². The van der Waals surface area contributed by atoms with E-state index in [0.29, 0.717) is 9.86 Å². The van der Waals surface area contributed by atoms with Gasteiger partial charge in [0.25, 0.3) is 0 Å². The largest absolute Gasteiger partial charge is 0.477 e. The van der Waals surface area contributed by atoms with Crippen LogP contribution in [-0.4, -0.2) is 11.1 Å². The summed E-state index contributed by atoms with van der Waals surface area (Å²) in [5, 5.41) is 9.43. The molecule has 0 spiro atoms. The molecule has 0 atom stereocenters. The van der Waals surface area contributed by atoms with Gasteiger partial charge in [0.2, 0.25) is 0 Å². The second kappa shape index (κ2) is 3.33. The highest BCUT2D eigenvalue weighted by atomic mass is 79.9. The number of hydrogen-bond donors (Lipinski definition) is 1. The van der Waals surface area contributed by atoms with Crippen LogP contribution in [0.2, 0.25) is 0 Å². The third-order valence-electron chi connectivity index (χ3n) is 1.78. The van der Waals surface area contributed by atoms with Crippen molar-refractivity contribution in [3.8, 4) is 0 Å². The van der Waals surface area contributed by atoms with Crippen LogP contribution in [0.25, 0.3) is 10.1 Å². The first-order valence-electron chi connectivity index (χ1n) is 3.70. The van der Waals surface area contributed by atoms with E-state index >= 15 is 0 Å². The maximum Gasteiger partial charge on any atom is 0.347 e. The molecule has 1 aromatic carbocycles. The summed E-state index contributed by atoms with van der Waals surface area (Å²) in [5.74, 6) is -1.37. The van der Waals surface area contributed by atoms with Crippen LogP contribution in [0, 0.1) is 5.82 Å². The molecule has 0 amide bonds. The van der Waals surface area contributed by atoms with Crippen molar-refractivity contribution in [3.63, 3.8) is 0 Å². The Hall–Kier alpha value is -0.940. The Morgan fingerprint density at radius 1 is 1.50 bits per heavy atom. The van der Waals surface area contributed by atoms with Crippen LogP contribution in [0.3, 0.4) is 0 Å². The molecule has 0 bridgehead atoms. The van der Waals surface area contributed by atoms with Crippen LogP contribution >= 0.6 is 27.3 Å². The molecule has 0 aliphatic rings. The SMILES string of the molecule is O=C(O)c1sc2ccc(F)cc2c1Br. The van der Waals surface area contributed by atoms with E-state index in [1.165, 1.54) is 12.1 Å². The molecule has 1 N–H and O–H groups in total. The number of fused-ring (bicyclic) bond motifs is 1. The Kier molecular flexibility index (Phi) is 2.28. The molecule has 2 nitrogen and oxygen atoms in total. The molecule has 72 valence electrons. The second-order valence-corrected chi connectivity index (χ2v) is 4.54. The Labute approximate surface area is 91.1 Å². The van der Waals surface area contributed by atoms with E-state index < -0.39 is 5.97 Å². The lowest BCUT2D eigenvalue weighted by Gasteiger charge is -1.90. The van der Waals surface area contributed by atoms with Crippen molar-refractivity contribution in [2.24, 2.45) is 0 Å². The highest BCUT2D eigenvalue weighted by molar-refractivity contribution is 9.10. The van der Waals surface area contributed by atoms with Crippen LogP contribution in [-0.2, 0) is 0 Å².